The van der Waals surface area contributed by atoms with Crippen molar-refractivity contribution < 1.29 is 8.42 Å². The molecule has 0 aliphatic carbocycles. The van der Waals surface area contributed by atoms with Gasteiger partial charge in [0, 0.05) is 12.7 Å². The van der Waals surface area contributed by atoms with Gasteiger partial charge in [-0.3, -0.25) is 0 Å². The van der Waals surface area contributed by atoms with Crippen molar-refractivity contribution in [2.45, 2.75) is 50.8 Å². The molecule has 1 aromatic rings. The summed E-state index contributed by atoms with van der Waals surface area (Å²) >= 11 is 0. The Hall–Kier alpha value is -1.14. The Balaban J connectivity index is 2.25. The van der Waals surface area contributed by atoms with Crippen molar-refractivity contribution in [3.63, 3.8) is 0 Å². The standard InChI is InChI=1S/C14H25N3O2S/c1-12(2)7-5-3-4-6-10-17-20(18,19)13-8-9-14(15)16-11-13/h8-9,11-12,17H,3-7,10H2,1-2H3,(H2,15,16). The fourth-order valence-electron chi connectivity index (χ4n) is 1.87. The lowest BCUT2D eigenvalue weighted by atomic mass is 10.0. The first-order valence-corrected chi connectivity index (χ1v) is 8.61. The van der Waals surface area contributed by atoms with E-state index in [1.807, 2.05) is 0 Å². The van der Waals surface area contributed by atoms with Crippen molar-refractivity contribution in [1.29, 1.82) is 0 Å². The van der Waals surface area contributed by atoms with E-state index in [-0.39, 0.29) is 4.90 Å². The van der Waals surface area contributed by atoms with Gasteiger partial charge in [0.25, 0.3) is 0 Å². The molecule has 0 unspecified atom stereocenters. The maximum Gasteiger partial charge on any atom is 0.242 e. The van der Waals surface area contributed by atoms with Crippen LogP contribution in [-0.2, 0) is 10.0 Å². The van der Waals surface area contributed by atoms with Gasteiger partial charge in [0.1, 0.15) is 10.7 Å². The molecule has 0 saturated heterocycles. The molecule has 0 atom stereocenters. The summed E-state index contributed by atoms with van der Waals surface area (Å²) in [6, 6.07) is 2.95. The lowest BCUT2D eigenvalue weighted by Gasteiger charge is -2.07. The average molecular weight is 299 g/mol. The van der Waals surface area contributed by atoms with Crippen LogP contribution >= 0.6 is 0 Å². The highest BCUT2D eigenvalue weighted by Gasteiger charge is 2.13. The molecule has 1 rings (SSSR count). The molecule has 6 heteroatoms. The normalized spacial score (nSPS) is 11.9. The number of unbranched alkanes of at least 4 members (excludes halogenated alkanes) is 3. The topological polar surface area (TPSA) is 85.1 Å². The molecule has 1 heterocycles. The highest BCUT2D eigenvalue weighted by atomic mass is 32.2. The Morgan fingerprint density at radius 2 is 1.90 bits per heavy atom. The summed E-state index contributed by atoms with van der Waals surface area (Å²) in [6.07, 6.45) is 6.80. The first kappa shape index (κ1) is 16.9. The Morgan fingerprint density at radius 3 is 2.50 bits per heavy atom. The Morgan fingerprint density at radius 1 is 1.20 bits per heavy atom. The van der Waals surface area contributed by atoms with Gasteiger partial charge in [0.15, 0.2) is 0 Å². The summed E-state index contributed by atoms with van der Waals surface area (Å²) in [5.41, 5.74) is 5.43. The summed E-state index contributed by atoms with van der Waals surface area (Å²) < 4.78 is 26.4. The van der Waals surface area contributed by atoms with Gasteiger partial charge in [0.05, 0.1) is 0 Å². The van der Waals surface area contributed by atoms with E-state index in [2.05, 4.69) is 23.6 Å². The van der Waals surface area contributed by atoms with Gasteiger partial charge in [-0.1, -0.05) is 39.5 Å². The van der Waals surface area contributed by atoms with Gasteiger partial charge in [0.2, 0.25) is 10.0 Å². The van der Waals surface area contributed by atoms with E-state index in [1.54, 1.807) is 0 Å². The van der Waals surface area contributed by atoms with Crippen LogP contribution in [0.15, 0.2) is 23.2 Å². The van der Waals surface area contributed by atoms with Crippen LogP contribution in [0.3, 0.4) is 0 Å². The molecule has 3 N–H and O–H groups in total. The zero-order valence-corrected chi connectivity index (χ0v) is 13.1. The molecular weight excluding hydrogens is 274 g/mol. The van der Waals surface area contributed by atoms with E-state index in [0.29, 0.717) is 12.4 Å². The van der Waals surface area contributed by atoms with Crippen LogP contribution in [0, 0.1) is 5.92 Å². The van der Waals surface area contributed by atoms with Gasteiger partial charge in [-0.05, 0) is 24.5 Å². The minimum absolute atomic E-state index is 0.159. The number of nitrogens with zero attached hydrogens (tertiary/aromatic N) is 1. The molecule has 114 valence electrons. The van der Waals surface area contributed by atoms with Crippen LogP contribution in [-0.4, -0.2) is 19.9 Å². The predicted octanol–water partition coefficient (Wildman–Crippen LogP) is 2.55. The molecule has 0 aromatic carbocycles. The first-order valence-electron chi connectivity index (χ1n) is 7.13. The van der Waals surface area contributed by atoms with Crippen LogP contribution < -0.4 is 10.5 Å². The van der Waals surface area contributed by atoms with E-state index in [0.717, 1.165) is 25.2 Å². The van der Waals surface area contributed by atoms with E-state index >= 15 is 0 Å². The molecule has 0 radical (unpaired) electrons. The van der Waals surface area contributed by atoms with Crippen molar-refractivity contribution in [1.82, 2.24) is 9.71 Å². The van der Waals surface area contributed by atoms with E-state index < -0.39 is 10.0 Å². The summed E-state index contributed by atoms with van der Waals surface area (Å²) in [5, 5.41) is 0. The van der Waals surface area contributed by atoms with Crippen LogP contribution in [0.2, 0.25) is 0 Å². The number of hydrogen-bond donors (Lipinski definition) is 2. The Bertz CT molecular complexity index is 484. The van der Waals surface area contributed by atoms with Crippen molar-refractivity contribution in [2.24, 2.45) is 5.92 Å². The molecule has 0 saturated carbocycles. The van der Waals surface area contributed by atoms with Gasteiger partial charge in [-0.15, -0.1) is 0 Å². The molecule has 5 nitrogen and oxygen atoms in total. The summed E-state index contributed by atoms with van der Waals surface area (Å²) in [5.74, 6) is 1.06. The zero-order valence-electron chi connectivity index (χ0n) is 12.3. The zero-order chi connectivity index (χ0) is 15.0. The van der Waals surface area contributed by atoms with Crippen LogP contribution in [0.4, 0.5) is 5.82 Å². The van der Waals surface area contributed by atoms with Crippen molar-refractivity contribution in [3.8, 4) is 0 Å². The molecule has 0 amide bonds. The fraction of sp³-hybridized carbons (Fsp3) is 0.643. The number of rotatable bonds is 9. The lowest BCUT2D eigenvalue weighted by molar-refractivity contribution is 0.517. The molecule has 20 heavy (non-hydrogen) atoms. The molecule has 0 aliphatic heterocycles. The molecule has 0 bridgehead atoms. The number of anilines is 1. The van der Waals surface area contributed by atoms with Gasteiger partial charge >= 0.3 is 0 Å². The van der Waals surface area contributed by atoms with Gasteiger partial charge in [-0.2, -0.15) is 0 Å². The van der Waals surface area contributed by atoms with Gasteiger partial charge < -0.3 is 5.73 Å². The molecular formula is C14H25N3O2S. The quantitative estimate of drug-likeness (QED) is 0.686. The minimum Gasteiger partial charge on any atom is -0.384 e. The number of nitrogens with two attached hydrogens (primary N) is 1. The lowest BCUT2D eigenvalue weighted by Crippen LogP contribution is -2.24. The monoisotopic (exact) mass is 299 g/mol. The summed E-state index contributed by atoms with van der Waals surface area (Å²) in [7, 11) is -3.45. The fourth-order valence-corrected chi connectivity index (χ4v) is 2.89. The number of hydrogen-bond acceptors (Lipinski definition) is 4. The maximum absolute atomic E-state index is 11.9. The third-order valence-electron chi connectivity index (χ3n) is 3.07. The Kier molecular flexibility index (Phi) is 6.95. The molecule has 0 spiro atoms. The van der Waals surface area contributed by atoms with E-state index in [4.69, 9.17) is 5.73 Å². The van der Waals surface area contributed by atoms with Crippen LogP contribution in [0.25, 0.3) is 0 Å². The highest BCUT2D eigenvalue weighted by molar-refractivity contribution is 7.89. The first-order chi connectivity index (χ1) is 9.42. The highest BCUT2D eigenvalue weighted by Crippen LogP contribution is 2.10. The van der Waals surface area contributed by atoms with Gasteiger partial charge in [-0.25, -0.2) is 18.1 Å². The number of aromatic nitrogens is 1. The third kappa shape index (κ3) is 6.34. The predicted molar refractivity (Wildman–Crippen MR) is 81.8 cm³/mol. The van der Waals surface area contributed by atoms with Crippen LogP contribution in [0.1, 0.15) is 46.0 Å². The largest absolute Gasteiger partial charge is 0.384 e. The van der Waals surface area contributed by atoms with Crippen molar-refractivity contribution in [3.05, 3.63) is 18.3 Å². The van der Waals surface area contributed by atoms with Crippen molar-refractivity contribution >= 4 is 15.8 Å². The molecule has 0 fully saturated rings. The van der Waals surface area contributed by atoms with E-state index in [1.165, 1.54) is 31.2 Å². The van der Waals surface area contributed by atoms with E-state index in [9.17, 15) is 8.42 Å². The maximum atomic E-state index is 11.9. The molecule has 0 aliphatic rings. The summed E-state index contributed by atoms with van der Waals surface area (Å²) in [4.78, 5) is 3.95. The second-order valence-corrected chi connectivity index (χ2v) is 7.18. The number of pyridine rings is 1. The number of nitrogens with one attached hydrogen (secondary N) is 1. The number of nitrogen functional groups attached to an aromatic ring is 1. The molecule has 1 aromatic heterocycles. The average Bonchev–Trinajstić information content (AvgIpc) is 2.37. The second-order valence-electron chi connectivity index (χ2n) is 5.41. The third-order valence-corrected chi connectivity index (χ3v) is 4.52. The Labute approximate surface area is 122 Å². The second kappa shape index (κ2) is 8.21. The van der Waals surface area contributed by atoms with Crippen molar-refractivity contribution in [2.75, 3.05) is 12.3 Å². The number of sulfonamides is 1. The summed E-state index contributed by atoms with van der Waals surface area (Å²) in [6.45, 7) is 4.90. The smallest absolute Gasteiger partial charge is 0.242 e. The van der Waals surface area contributed by atoms with Crippen LogP contribution in [0.5, 0.6) is 0 Å². The SMILES string of the molecule is CC(C)CCCCCCNS(=O)(=O)c1ccc(N)nc1. The minimum atomic E-state index is -3.45.